The molecule has 11 atom stereocenters. The molecular formula is C31H48O7. The maximum Gasteiger partial charge on any atom is 0.311 e. The first-order chi connectivity index (χ1) is 17.6. The number of carboxylic acid groups (broad SMARTS) is 1. The minimum atomic E-state index is -0.954. The number of aliphatic hydroxyl groups is 3. The Labute approximate surface area is 227 Å². The average Bonchev–Trinajstić information content (AvgIpc) is 2.87. The normalized spacial score (nSPS) is 53.9. The highest BCUT2D eigenvalue weighted by molar-refractivity contribution is 5.80. The summed E-state index contributed by atoms with van der Waals surface area (Å²) in [6.07, 6.45) is 6.37. The largest absolute Gasteiger partial charge is 0.481 e. The number of methoxy groups -OCH3 is 1. The molecule has 0 heterocycles. The minimum absolute atomic E-state index is 0.0778. The number of hydrogen-bond acceptors (Lipinski definition) is 6. The van der Waals surface area contributed by atoms with Gasteiger partial charge in [0.15, 0.2) is 0 Å². The predicted molar refractivity (Wildman–Crippen MR) is 142 cm³/mol. The number of ether oxygens (including phenoxy) is 1. The second-order valence-electron chi connectivity index (χ2n) is 14.9. The van der Waals surface area contributed by atoms with Gasteiger partial charge in [-0.25, -0.2) is 0 Å². The number of carboxylic acids is 1. The Kier molecular flexibility index (Phi) is 6.31. The fraction of sp³-hybridized carbons (Fsp3) is 0.871. The van der Waals surface area contributed by atoms with Crippen LogP contribution in [0.4, 0.5) is 0 Å². The summed E-state index contributed by atoms with van der Waals surface area (Å²) in [4.78, 5) is 25.8. The molecule has 0 unspecified atom stereocenters. The fourth-order valence-corrected chi connectivity index (χ4v) is 11.0. The molecular weight excluding hydrogens is 484 g/mol. The lowest BCUT2D eigenvalue weighted by Crippen LogP contribution is -2.68. The first-order valence-corrected chi connectivity index (χ1v) is 14.6. The van der Waals surface area contributed by atoms with Crippen molar-refractivity contribution in [3.05, 3.63) is 11.6 Å². The summed E-state index contributed by atoms with van der Waals surface area (Å²) in [6, 6.07) is 0. The van der Waals surface area contributed by atoms with Gasteiger partial charge in [-0.1, -0.05) is 39.3 Å². The lowest BCUT2D eigenvalue weighted by molar-refractivity contribution is -0.243. The highest BCUT2D eigenvalue weighted by Gasteiger charge is 2.71. The van der Waals surface area contributed by atoms with E-state index in [-0.39, 0.29) is 46.6 Å². The van der Waals surface area contributed by atoms with Crippen molar-refractivity contribution < 1.29 is 34.8 Å². The topological polar surface area (TPSA) is 124 Å². The maximum absolute atomic E-state index is 12.9. The first kappa shape index (κ1) is 28.1. The zero-order valence-corrected chi connectivity index (χ0v) is 24.0. The van der Waals surface area contributed by atoms with Crippen LogP contribution >= 0.6 is 0 Å². The zero-order valence-electron chi connectivity index (χ0n) is 24.0. The molecule has 0 bridgehead atoms. The highest BCUT2D eigenvalue weighted by atomic mass is 16.5. The second-order valence-corrected chi connectivity index (χ2v) is 14.9. The Hall–Kier alpha value is -1.44. The number of aliphatic hydroxyl groups excluding tert-OH is 3. The van der Waals surface area contributed by atoms with Crippen LogP contribution < -0.4 is 0 Å². The molecule has 0 saturated heterocycles. The van der Waals surface area contributed by atoms with Crippen molar-refractivity contribution in [2.24, 2.45) is 50.2 Å². The van der Waals surface area contributed by atoms with Crippen LogP contribution in [-0.2, 0) is 14.3 Å². The van der Waals surface area contributed by atoms with Crippen molar-refractivity contribution in [1.29, 1.82) is 0 Å². The summed E-state index contributed by atoms with van der Waals surface area (Å²) in [5.41, 5.74) is -1.76. The van der Waals surface area contributed by atoms with E-state index in [4.69, 9.17) is 4.74 Å². The number of hydrogen-bond donors (Lipinski definition) is 4. The Balaban J connectivity index is 1.61. The van der Waals surface area contributed by atoms with Crippen LogP contribution in [0.5, 0.6) is 0 Å². The number of rotatable bonds is 3. The van der Waals surface area contributed by atoms with Gasteiger partial charge in [0.25, 0.3) is 0 Å². The van der Waals surface area contributed by atoms with Crippen molar-refractivity contribution in [1.82, 2.24) is 0 Å². The number of aliphatic carboxylic acids is 1. The molecule has 7 heteroatoms. The molecule has 0 aromatic heterocycles. The van der Waals surface area contributed by atoms with E-state index in [2.05, 4.69) is 26.8 Å². The minimum Gasteiger partial charge on any atom is -0.481 e. The third-order valence-corrected chi connectivity index (χ3v) is 13.6. The highest BCUT2D eigenvalue weighted by Crippen LogP contribution is 2.75. The third-order valence-electron chi connectivity index (χ3n) is 13.6. The molecule has 0 radical (unpaired) electrons. The molecule has 5 aliphatic carbocycles. The number of carbonyl (C=O) groups is 2. The summed E-state index contributed by atoms with van der Waals surface area (Å²) in [5, 5.41) is 43.0. The van der Waals surface area contributed by atoms with Gasteiger partial charge in [0.05, 0.1) is 36.8 Å². The first-order valence-electron chi connectivity index (χ1n) is 14.6. The van der Waals surface area contributed by atoms with Crippen molar-refractivity contribution in [2.75, 3.05) is 13.7 Å². The summed E-state index contributed by atoms with van der Waals surface area (Å²) in [6.45, 7) is 10.6. The number of carbonyl (C=O) groups excluding carboxylic acids is 1. The van der Waals surface area contributed by atoms with Crippen LogP contribution in [0.2, 0.25) is 0 Å². The van der Waals surface area contributed by atoms with Crippen molar-refractivity contribution in [2.45, 2.75) is 105 Å². The van der Waals surface area contributed by atoms with Gasteiger partial charge in [-0.2, -0.15) is 0 Å². The molecule has 5 rings (SSSR count). The summed E-state index contributed by atoms with van der Waals surface area (Å²) >= 11 is 0. The monoisotopic (exact) mass is 532 g/mol. The lowest BCUT2D eigenvalue weighted by Gasteiger charge is -2.71. The van der Waals surface area contributed by atoms with Gasteiger partial charge in [0, 0.05) is 5.41 Å². The molecule has 4 saturated carbocycles. The molecule has 5 aliphatic rings. The smallest absolute Gasteiger partial charge is 0.311 e. The van der Waals surface area contributed by atoms with E-state index in [9.17, 15) is 30.0 Å². The Morgan fingerprint density at radius 2 is 1.63 bits per heavy atom. The molecule has 0 aromatic carbocycles. The van der Waals surface area contributed by atoms with E-state index in [1.807, 2.05) is 13.8 Å². The van der Waals surface area contributed by atoms with Gasteiger partial charge in [-0.15, -0.1) is 0 Å². The van der Waals surface area contributed by atoms with E-state index in [0.717, 1.165) is 25.7 Å². The van der Waals surface area contributed by atoms with Gasteiger partial charge >= 0.3 is 11.9 Å². The van der Waals surface area contributed by atoms with Crippen LogP contribution in [0.15, 0.2) is 11.6 Å². The van der Waals surface area contributed by atoms with E-state index in [0.29, 0.717) is 32.1 Å². The van der Waals surface area contributed by atoms with Crippen molar-refractivity contribution >= 4 is 11.9 Å². The van der Waals surface area contributed by atoms with Gasteiger partial charge in [-0.05, 0) is 98.7 Å². The zero-order chi connectivity index (χ0) is 28.1. The van der Waals surface area contributed by atoms with E-state index < -0.39 is 34.4 Å². The molecule has 0 amide bonds. The summed E-state index contributed by atoms with van der Waals surface area (Å²) in [7, 11) is 1.41. The van der Waals surface area contributed by atoms with Gasteiger partial charge < -0.3 is 25.2 Å². The number of esters is 1. The Morgan fingerprint density at radius 3 is 2.24 bits per heavy atom. The summed E-state index contributed by atoms with van der Waals surface area (Å²) < 4.78 is 5.18. The second kappa shape index (κ2) is 8.53. The molecule has 0 aromatic rings. The van der Waals surface area contributed by atoms with E-state index in [1.165, 1.54) is 12.7 Å². The van der Waals surface area contributed by atoms with Crippen molar-refractivity contribution in [3.8, 4) is 0 Å². The van der Waals surface area contributed by atoms with Crippen LogP contribution in [0.1, 0.15) is 92.4 Å². The SMILES string of the molecule is COC(=O)[C@]1(C)CC[C@@]2(C(=O)O)CC[C@@]3(C)C(=CC[C@H]4[C@]5(C)C[C@@H](O)[C@@H](O)[C@](C)(CO)[C@H]5CC[C@@]43C)[C@H]2C1. The average molecular weight is 533 g/mol. The third kappa shape index (κ3) is 3.24. The molecule has 4 N–H and O–H groups in total. The number of allylic oxidation sites excluding steroid dienone is 2. The Morgan fingerprint density at radius 1 is 0.974 bits per heavy atom. The standard InChI is InChI=1S/C31H48O7/c1-26(25(37)38-6)11-13-31(24(35)36)14-12-29(4)18(19(31)15-26)7-8-22-27(2)16-20(33)23(34)28(3,17-32)21(27)9-10-30(22,29)5/h7,19-23,32-34H,8-17H2,1-6H3,(H,35,36)/t19-,20-,21+,22+,23-,26-,27-,28-,29+,30+,31-/m1/s1. The lowest BCUT2D eigenvalue weighted by atomic mass is 9.33. The van der Waals surface area contributed by atoms with Gasteiger partial charge in [0.2, 0.25) is 0 Å². The maximum atomic E-state index is 12.9. The molecule has 38 heavy (non-hydrogen) atoms. The quantitative estimate of drug-likeness (QED) is 0.315. The van der Waals surface area contributed by atoms with Crippen LogP contribution in [-0.4, -0.2) is 58.3 Å². The van der Waals surface area contributed by atoms with E-state index >= 15 is 0 Å². The molecule has 0 aliphatic heterocycles. The van der Waals surface area contributed by atoms with Crippen LogP contribution in [0.25, 0.3) is 0 Å². The van der Waals surface area contributed by atoms with Crippen LogP contribution in [0.3, 0.4) is 0 Å². The predicted octanol–water partition coefficient (Wildman–Crippen LogP) is 4.33. The Bertz CT molecular complexity index is 1050. The molecule has 0 spiro atoms. The molecule has 4 fully saturated rings. The van der Waals surface area contributed by atoms with Gasteiger partial charge in [0.1, 0.15) is 0 Å². The van der Waals surface area contributed by atoms with E-state index in [1.54, 1.807) is 0 Å². The fourth-order valence-electron chi connectivity index (χ4n) is 11.0. The molecule has 7 nitrogen and oxygen atoms in total. The summed E-state index contributed by atoms with van der Waals surface area (Å²) in [5.74, 6) is -0.919. The number of fused-ring (bicyclic) bond motifs is 7. The van der Waals surface area contributed by atoms with Crippen molar-refractivity contribution in [3.63, 3.8) is 0 Å². The van der Waals surface area contributed by atoms with Gasteiger partial charge in [-0.3, -0.25) is 9.59 Å². The molecule has 214 valence electrons. The van der Waals surface area contributed by atoms with Crippen LogP contribution in [0, 0.1) is 50.2 Å².